The van der Waals surface area contributed by atoms with Gasteiger partial charge in [-0.2, -0.15) is 5.26 Å². The van der Waals surface area contributed by atoms with E-state index in [1.54, 1.807) is 6.07 Å². The summed E-state index contributed by atoms with van der Waals surface area (Å²) < 4.78 is 11.5. The van der Waals surface area contributed by atoms with Crippen LogP contribution >= 0.6 is 11.6 Å². The van der Waals surface area contributed by atoms with Gasteiger partial charge in [0.1, 0.15) is 23.2 Å². The summed E-state index contributed by atoms with van der Waals surface area (Å²) in [6, 6.07) is 19.0. The minimum atomic E-state index is -0.0640. The molecule has 30 heavy (non-hydrogen) atoms. The zero-order chi connectivity index (χ0) is 21.1. The topological polar surface area (TPSA) is 63.2 Å². The number of rotatable bonds is 7. The molecular weight excluding hydrogens is 398 g/mol. The fourth-order valence-electron chi connectivity index (χ4n) is 3.62. The van der Waals surface area contributed by atoms with Crippen LogP contribution in [0.4, 0.5) is 0 Å². The predicted molar refractivity (Wildman–Crippen MR) is 119 cm³/mol. The Labute approximate surface area is 179 Å². The molecule has 0 fully saturated rings. The van der Waals surface area contributed by atoms with Crippen molar-refractivity contribution in [3.05, 3.63) is 65.2 Å². The number of fused-ring (bicyclic) bond motifs is 2. The highest BCUT2D eigenvalue weighted by molar-refractivity contribution is 6.37. The standard InChI is InChI=1S/C25H20ClNO3/c1-2-3-7-20(28)23-19-6-4-5-8-21(19)30-25(23)17-9-11-18-16(15-17)10-12-22(24(18)26)29-14-13-27/h4-6,8-12,15H,2-3,7,14H2,1H3. The van der Waals surface area contributed by atoms with Gasteiger partial charge < -0.3 is 9.15 Å². The first-order valence-corrected chi connectivity index (χ1v) is 10.3. The molecule has 0 N–H and O–H groups in total. The number of nitriles is 1. The highest BCUT2D eigenvalue weighted by Gasteiger charge is 2.22. The van der Waals surface area contributed by atoms with Gasteiger partial charge >= 0.3 is 0 Å². The number of ketones is 1. The highest BCUT2D eigenvalue weighted by Crippen LogP contribution is 2.38. The number of hydrogen-bond donors (Lipinski definition) is 0. The van der Waals surface area contributed by atoms with Crippen LogP contribution in [0.25, 0.3) is 33.1 Å². The molecule has 0 bridgehead atoms. The number of halogens is 1. The lowest BCUT2D eigenvalue weighted by atomic mass is 9.97. The van der Waals surface area contributed by atoms with E-state index in [0.29, 0.717) is 34.1 Å². The van der Waals surface area contributed by atoms with Crippen LogP contribution in [0.3, 0.4) is 0 Å². The van der Waals surface area contributed by atoms with Crippen molar-refractivity contribution < 1.29 is 13.9 Å². The van der Waals surface area contributed by atoms with Crippen LogP contribution in [0.15, 0.2) is 59.0 Å². The number of hydrogen-bond acceptors (Lipinski definition) is 4. The van der Waals surface area contributed by atoms with Crippen LogP contribution in [0.2, 0.25) is 5.02 Å². The van der Waals surface area contributed by atoms with E-state index in [4.69, 9.17) is 26.0 Å². The SMILES string of the molecule is CCCCC(=O)c1c(-c2ccc3c(Cl)c(OCC#N)ccc3c2)oc2ccccc12. The molecule has 5 heteroatoms. The van der Waals surface area contributed by atoms with Crippen LogP contribution in [-0.2, 0) is 0 Å². The van der Waals surface area contributed by atoms with Crippen LogP contribution in [0.1, 0.15) is 36.5 Å². The first-order valence-electron chi connectivity index (χ1n) is 9.91. The smallest absolute Gasteiger partial charge is 0.174 e. The molecule has 4 nitrogen and oxygen atoms in total. The van der Waals surface area contributed by atoms with Gasteiger partial charge in [-0.15, -0.1) is 0 Å². The van der Waals surface area contributed by atoms with E-state index in [1.807, 2.05) is 54.6 Å². The second kappa shape index (κ2) is 8.61. The predicted octanol–water partition coefficient (Wildman–Crippen LogP) is 7.18. The van der Waals surface area contributed by atoms with Crippen LogP contribution in [0.5, 0.6) is 5.75 Å². The summed E-state index contributed by atoms with van der Waals surface area (Å²) in [4.78, 5) is 13.0. The molecule has 1 heterocycles. The van der Waals surface area contributed by atoms with E-state index in [0.717, 1.165) is 34.6 Å². The average molecular weight is 418 g/mol. The first-order chi connectivity index (χ1) is 14.6. The molecule has 4 rings (SSSR count). The highest BCUT2D eigenvalue weighted by atomic mass is 35.5. The summed E-state index contributed by atoms with van der Waals surface area (Å²) in [5.41, 5.74) is 2.16. The lowest BCUT2D eigenvalue weighted by Gasteiger charge is -2.09. The first kappa shape index (κ1) is 20.0. The van der Waals surface area contributed by atoms with Crippen molar-refractivity contribution in [3.8, 4) is 23.1 Å². The Morgan fingerprint density at radius 3 is 2.77 bits per heavy atom. The van der Waals surface area contributed by atoms with E-state index in [9.17, 15) is 4.79 Å². The molecule has 0 aliphatic heterocycles. The molecule has 0 unspecified atom stereocenters. The number of Topliss-reactive ketones (excluding diaryl/α,β-unsaturated/α-hetero) is 1. The maximum absolute atomic E-state index is 13.0. The monoisotopic (exact) mass is 417 g/mol. The largest absolute Gasteiger partial charge is 0.477 e. The summed E-state index contributed by atoms with van der Waals surface area (Å²) in [5.74, 6) is 1.15. The Kier molecular flexibility index (Phi) is 5.74. The van der Waals surface area contributed by atoms with Crippen molar-refractivity contribution in [2.24, 2.45) is 0 Å². The number of para-hydroxylation sites is 1. The zero-order valence-corrected chi connectivity index (χ0v) is 17.3. The second-order valence-corrected chi connectivity index (χ2v) is 7.47. The number of carbonyl (C=O) groups excluding carboxylic acids is 1. The van der Waals surface area contributed by atoms with Gasteiger partial charge in [0.25, 0.3) is 0 Å². The number of unbranched alkanes of at least 4 members (excludes halogenated alkanes) is 1. The van der Waals surface area contributed by atoms with Crippen molar-refractivity contribution in [2.45, 2.75) is 26.2 Å². The maximum Gasteiger partial charge on any atom is 0.174 e. The van der Waals surface area contributed by atoms with Crippen LogP contribution in [0, 0.1) is 11.3 Å². The number of ether oxygens (including phenoxy) is 1. The summed E-state index contributed by atoms with van der Waals surface area (Å²) in [6.45, 7) is 2.01. The maximum atomic E-state index is 13.0. The fraction of sp³-hybridized carbons (Fsp3) is 0.200. The Hall–Kier alpha value is -3.29. The van der Waals surface area contributed by atoms with Gasteiger partial charge in [0.2, 0.25) is 0 Å². The minimum Gasteiger partial charge on any atom is -0.477 e. The van der Waals surface area contributed by atoms with Crippen molar-refractivity contribution in [1.82, 2.24) is 0 Å². The van der Waals surface area contributed by atoms with Gasteiger partial charge in [-0.1, -0.05) is 61.3 Å². The van der Waals surface area contributed by atoms with Crippen molar-refractivity contribution in [2.75, 3.05) is 6.61 Å². The second-order valence-electron chi connectivity index (χ2n) is 7.09. The third-order valence-electron chi connectivity index (χ3n) is 5.10. The van der Waals surface area contributed by atoms with E-state index in [1.165, 1.54) is 0 Å². The Balaban J connectivity index is 1.84. The lowest BCUT2D eigenvalue weighted by Crippen LogP contribution is -2.00. The molecular formula is C25H20ClNO3. The van der Waals surface area contributed by atoms with E-state index in [2.05, 4.69) is 6.92 Å². The minimum absolute atomic E-state index is 0.0640. The van der Waals surface area contributed by atoms with E-state index < -0.39 is 0 Å². The molecule has 0 amide bonds. The number of furan rings is 1. The summed E-state index contributed by atoms with van der Waals surface area (Å²) in [6.07, 6.45) is 2.30. The number of nitrogens with zero attached hydrogens (tertiary/aromatic N) is 1. The van der Waals surface area contributed by atoms with Crippen molar-refractivity contribution in [1.29, 1.82) is 5.26 Å². The zero-order valence-electron chi connectivity index (χ0n) is 16.6. The molecule has 4 aromatic rings. The van der Waals surface area contributed by atoms with Crippen LogP contribution in [-0.4, -0.2) is 12.4 Å². The molecule has 0 aliphatic rings. The summed E-state index contributed by atoms with van der Waals surface area (Å²) >= 11 is 6.47. The van der Waals surface area contributed by atoms with Crippen LogP contribution < -0.4 is 4.74 Å². The normalized spacial score (nSPS) is 11.0. The Morgan fingerprint density at radius 1 is 1.13 bits per heavy atom. The quantitative estimate of drug-likeness (QED) is 0.299. The molecule has 0 atom stereocenters. The van der Waals surface area contributed by atoms with Gasteiger partial charge in [0.15, 0.2) is 12.4 Å². The van der Waals surface area contributed by atoms with Crippen molar-refractivity contribution >= 4 is 39.1 Å². The Bertz CT molecular complexity index is 1280. The van der Waals surface area contributed by atoms with Gasteiger partial charge in [-0.3, -0.25) is 4.79 Å². The molecule has 0 saturated carbocycles. The van der Waals surface area contributed by atoms with Crippen molar-refractivity contribution in [3.63, 3.8) is 0 Å². The van der Waals surface area contributed by atoms with E-state index >= 15 is 0 Å². The Morgan fingerprint density at radius 2 is 1.97 bits per heavy atom. The molecule has 0 saturated heterocycles. The number of carbonyl (C=O) groups is 1. The van der Waals surface area contributed by atoms with Gasteiger partial charge in [0.05, 0.1) is 10.6 Å². The summed E-state index contributed by atoms with van der Waals surface area (Å²) in [5, 5.41) is 11.7. The van der Waals surface area contributed by atoms with Gasteiger partial charge in [-0.25, -0.2) is 0 Å². The average Bonchev–Trinajstić information content (AvgIpc) is 3.16. The lowest BCUT2D eigenvalue weighted by molar-refractivity contribution is 0.0981. The molecule has 0 spiro atoms. The molecule has 0 aliphatic carbocycles. The fourth-order valence-corrected chi connectivity index (χ4v) is 3.91. The molecule has 3 aromatic carbocycles. The molecule has 150 valence electrons. The molecule has 0 radical (unpaired) electrons. The van der Waals surface area contributed by atoms with Gasteiger partial charge in [0, 0.05) is 22.8 Å². The third kappa shape index (κ3) is 3.65. The van der Waals surface area contributed by atoms with E-state index in [-0.39, 0.29) is 12.4 Å². The molecule has 1 aromatic heterocycles. The third-order valence-corrected chi connectivity index (χ3v) is 5.49. The summed E-state index contributed by atoms with van der Waals surface area (Å²) in [7, 11) is 0. The van der Waals surface area contributed by atoms with Gasteiger partial charge in [-0.05, 0) is 30.0 Å². The number of benzene rings is 3.